The highest BCUT2D eigenvalue weighted by atomic mass is 79.9. The van der Waals surface area contributed by atoms with E-state index in [1.54, 1.807) is 6.07 Å². The molecule has 2 rings (SSSR count). The van der Waals surface area contributed by atoms with Gasteiger partial charge in [-0.25, -0.2) is 0 Å². The first-order chi connectivity index (χ1) is 8.19. The molecule has 0 aliphatic heterocycles. The fraction of sp³-hybridized carbons (Fsp3) is 0.500. The first-order valence-corrected chi connectivity index (χ1v) is 6.84. The van der Waals surface area contributed by atoms with Gasteiger partial charge in [-0.15, -0.1) is 0 Å². The van der Waals surface area contributed by atoms with Crippen LogP contribution in [0, 0.1) is 17.2 Å². The molecule has 17 heavy (non-hydrogen) atoms. The third kappa shape index (κ3) is 3.23. The molecule has 1 fully saturated rings. The summed E-state index contributed by atoms with van der Waals surface area (Å²) >= 11 is 3.41. The lowest BCUT2D eigenvalue weighted by Crippen LogP contribution is -2.24. The molecule has 2 nitrogen and oxygen atoms in total. The standard InChI is InChI=1S/C14H16BrNO/c1-10-3-2-4-13(7-10)17-14-8-12(15)6-5-11(14)9-16/h5-6,8,10,13H,2-4,7H2,1H3. The summed E-state index contributed by atoms with van der Waals surface area (Å²) in [4.78, 5) is 0. The molecule has 1 saturated carbocycles. The second kappa shape index (κ2) is 5.55. The number of benzene rings is 1. The Bertz CT molecular complexity index is 438. The number of hydrogen-bond donors (Lipinski definition) is 0. The van der Waals surface area contributed by atoms with Gasteiger partial charge in [0, 0.05) is 4.47 Å². The van der Waals surface area contributed by atoms with Crippen LogP contribution in [0.3, 0.4) is 0 Å². The SMILES string of the molecule is CC1CCCC(Oc2cc(Br)ccc2C#N)C1. The number of hydrogen-bond acceptors (Lipinski definition) is 2. The first kappa shape index (κ1) is 12.4. The van der Waals surface area contributed by atoms with Gasteiger partial charge in [0.05, 0.1) is 11.7 Å². The molecule has 1 aromatic rings. The van der Waals surface area contributed by atoms with Crippen molar-refractivity contribution in [1.82, 2.24) is 0 Å². The highest BCUT2D eigenvalue weighted by Gasteiger charge is 2.21. The van der Waals surface area contributed by atoms with E-state index in [-0.39, 0.29) is 6.10 Å². The zero-order valence-corrected chi connectivity index (χ0v) is 11.5. The van der Waals surface area contributed by atoms with Crippen LogP contribution in [-0.4, -0.2) is 6.10 Å². The van der Waals surface area contributed by atoms with Gasteiger partial charge in [-0.1, -0.05) is 29.3 Å². The molecule has 0 spiro atoms. The summed E-state index contributed by atoms with van der Waals surface area (Å²) < 4.78 is 6.93. The van der Waals surface area contributed by atoms with E-state index in [4.69, 9.17) is 10.00 Å². The molecule has 0 amide bonds. The maximum atomic E-state index is 9.05. The number of ether oxygens (including phenoxy) is 1. The number of rotatable bonds is 2. The molecule has 0 N–H and O–H groups in total. The van der Waals surface area contributed by atoms with E-state index in [1.807, 2.05) is 12.1 Å². The van der Waals surface area contributed by atoms with Crippen molar-refractivity contribution in [2.24, 2.45) is 5.92 Å². The molecule has 0 aromatic heterocycles. The maximum absolute atomic E-state index is 9.05. The predicted molar refractivity (Wildman–Crippen MR) is 70.9 cm³/mol. The Morgan fingerprint density at radius 2 is 2.24 bits per heavy atom. The van der Waals surface area contributed by atoms with E-state index < -0.39 is 0 Å². The Hall–Kier alpha value is -1.01. The van der Waals surface area contributed by atoms with Crippen LogP contribution in [0.5, 0.6) is 5.75 Å². The van der Waals surface area contributed by atoms with Gasteiger partial charge in [0.2, 0.25) is 0 Å². The van der Waals surface area contributed by atoms with Gasteiger partial charge >= 0.3 is 0 Å². The molecule has 1 aliphatic rings. The summed E-state index contributed by atoms with van der Waals surface area (Å²) in [6, 6.07) is 7.73. The molecule has 2 atom stereocenters. The van der Waals surface area contributed by atoms with Gasteiger partial charge in [0.25, 0.3) is 0 Å². The van der Waals surface area contributed by atoms with Crippen LogP contribution in [0.2, 0.25) is 0 Å². The van der Waals surface area contributed by atoms with Crippen LogP contribution in [0.25, 0.3) is 0 Å². The monoisotopic (exact) mass is 293 g/mol. The lowest BCUT2D eigenvalue weighted by molar-refractivity contribution is 0.129. The van der Waals surface area contributed by atoms with Crippen LogP contribution in [0.4, 0.5) is 0 Å². The van der Waals surface area contributed by atoms with E-state index in [2.05, 4.69) is 28.9 Å². The van der Waals surface area contributed by atoms with Crippen molar-refractivity contribution in [3.8, 4) is 11.8 Å². The second-order valence-electron chi connectivity index (χ2n) is 4.76. The summed E-state index contributed by atoms with van der Waals surface area (Å²) in [5.41, 5.74) is 0.617. The van der Waals surface area contributed by atoms with E-state index in [9.17, 15) is 0 Å². The molecule has 3 heteroatoms. The molecule has 1 aliphatic carbocycles. The largest absolute Gasteiger partial charge is 0.489 e. The fourth-order valence-electron chi connectivity index (χ4n) is 2.35. The second-order valence-corrected chi connectivity index (χ2v) is 5.68. The lowest BCUT2D eigenvalue weighted by Gasteiger charge is -2.27. The van der Waals surface area contributed by atoms with Crippen molar-refractivity contribution >= 4 is 15.9 Å². The molecular weight excluding hydrogens is 278 g/mol. The summed E-state index contributed by atoms with van der Waals surface area (Å²) in [6.45, 7) is 2.27. The zero-order chi connectivity index (χ0) is 12.3. The molecule has 0 saturated heterocycles. The van der Waals surface area contributed by atoms with E-state index in [0.717, 1.165) is 23.2 Å². The molecule has 0 bridgehead atoms. The van der Waals surface area contributed by atoms with Gasteiger partial charge in [-0.05, 0) is 43.4 Å². The average molecular weight is 294 g/mol. The first-order valence-electron chi connectivity index (χ1n) is 6.05. The normalized spacial score (nSPS) is 24.1. The van der Waals surface area contributed by atoms with Crippen molar-refractivity contribution < 1.29 is 4.74 Å². The van der Waals surface area contributed by atoms with Crippen LogP contribution in [0.15, 0.2) is 22.7 Å². The van der Waals surface area contributed by atoms with Crippen LogP contribution < -0.4 is 4.74 Å². The molecule has 0 radical (unpaired) electrons. The van der Waals surface area contributed by atoms with Gasteiger partial charge < -0.3 is 4.74 Å². The number of halogens is 1. The number of nitrogens with zero attached hydrogens (tertiary/aromatic N) is 1. The van der Waals surface area contributed by atoms with Crippen molar-refractivity contribution in [2.45, 2.75) is 38.7 Å². The summed E-state index contributed by atoms with van der Waals surface area (Å²) in [6.07, 6.45) is 4.98. The molecule has 90 valence electrons. The summed E-state index contributed by atoms with van der Waals surface area (Å²) in [7, 11) is 0. The number of nitriles is 1. The summed E-state index contributed by atoms with van der Waals surface area (Å²) in [5, 5.41) is 9.05. The van der Waals surface area contributed by atoms with E-state index in [0.29, 0.717) is 11.3 Å². The van der Waals surface area contributed by atoms with Gasteiger partial charge in [0.1, 0.15) is 11.8 Å². The Labute approximate surface area is 111 Å². The fourth-order valence-corrected chi connectivity index (χ4v) is 2.69. The maximum Gasteiger partial charge on any atom is 0.138 e. The van der Waals surface area contributed by atoms with Gasteiger partial charge in [0.15, 0.2) is 0 Å². The van der Waals surface area contributed by atoms with Crippen LogP contribution >= 0.6 is 15.9 Å². The third-order valence-electron chi connectivity index (χ3n) is 3.25. The minimum atomic E-state index is 0.264. The van der Waals surface area contributed by atoms with Crippen LogP contribution in [0.1, 0.15) is 38.2 Å². The average Bonchev–Trinajstić information content (AvgIpc) is 2.29. The van der Waals surface area contributed by atoms with Gasteiger partial charge in [-0.2, -0.15) is 5.26 Å². The van der Waals surface area contributed by atoms with Crippen molar-refractivity contribution in [2.75, 3.05) is 0 Å². The highest BCUT2D eigenvalue weighted by Crippen LogP contribution is 2.30. The topological polar surface area (TPSA) is 33.0 Å². The molecular formula is C14H16BrNO. The van der Waals surface area contributed by atoms with Crippen molar-refractivity contribution in [3.05, 3.63) is 28.2 Å². The molecule has 1 aromatic carbocycles. The minimum absolute atomic E-state index is 0.264. The molecule has 2 unspecified atom stereocenters. The third-order valence-corrected chi connectivity index (χ3v) is 3.74. The Morgan fingerprint density at radius 3 is 2.94 bits per heavy atom. The predicted octanol–water partition coefficient (Wildman–Crippen LogP) is 4.28. The smallest absolute Gasteiger partial charge is 0.138 e. The highest BCUT2D eigenvalue weighted by molar-refractivity contribution is 9.10. The molecule has 0 heterocycles. The van der Waals surface area contributed by atoms with Crippen LogP contribution in [-0.2, 0) is 0 Å². The van der Waals surface area contributed by atoms with Crippen molar-refractivity contribution in [1.29, 1.82) is 5.26 Å². The summed E-state index contributed by atoms with van der Waals surface area (Å²) in [5.74, 6) is 1.44. The minimum Gasteiger partial charge on any atom is -0.489 e. The quantitative estimate of drug-likeness (QED) is 0.815. The Morgan fingerprint density at radius 1 is 1.41 bits per heavy atom. The van der Waals surface area contributed by atoms with Crippen molar-refractivity contribution in [3.63, 3.8) is 0 Å². The Balaban J connectivity index is 2.12. The lowest BCUT2D eigenvalue weighted by atomic mass is 9.88. The zero-order valence-electron chi connectivity index (χ0n) is 9.95. The van der Waals surface area contributed by atoms with Gasteiger partial charge in [-0.3, -0.25) is 0 Å². The van der Waals surface area contributed by atoms with E-state index in [1.165, 1.54) is 12.8 Å². The Kier molecular flexibility index (Phi) is 4.06. The van der Waals surface area contributed by atoms with E-state index >= 15 is 0 Å².